The predicted molar refractivity (Wildman–Crippen MR) is 122 cm³/mol. The Kier molecular flexibility index (Phi) is 6.27. The molecule has 1 amide bonds. The number of carbonyl (C=O) groups excluding carboxylic acids is 1. The summed E-state index contributed by atoms with van der Waals surface area (Å²) in [4.78, 5) is 18.1. The van der Waals surface area contributed by atoms with E-state index in [-0.39, 0.29) is 5.91 Å². The minimum absolute atomic E-state index is 0.254. The Morgan fingerprint density at radius 2 is 1.83 bits per heavy atom. The van der Waals surface area contributed by atoms with E-state index in [2.05, 4.69) is 10.3 Å². The van der Waals surface area contributed by atoms with Gasteiger partial charge in [0.05, 0.1) is 20.6 Å². The first kappa shape index (κ1) is 20.4. The van der Waals surface area contributed by atoms with Crippen molar-refractivity contribution in [3.05, 3.63) is 80.3 Å². The van der Waals surface area contributed by atoms with Gasteiger partial charge in [0.2, 0.25) is 0 Å². The summed E-state index contributed by atoms with van der Waals surface area (Å²) in [6, 6.07) is 16.3. The molecule has 146 valence electrons. The SMILES string of the molecule is O=C1NC(=Nc2cccc(Cl)c2Cl)S/C1=C/c1ccc(Sc2ccc(Cl)cc2)o1. The second kappa shape index (κ2) is 8.90. The van der Waals surface area contributed by atoms with Crippen LogP contribution in [0.25, 0.3) is 6.08 Å². The normalized spacial score (nSPS) is 16.6. The molecule has 1 fully saturated rings. The Labute approximate surface area is 190 Å². The molecule has 29 heavy (non-hydrogen) atoms. The van der Waals surface area contributed by atoms with E-state index in [9.17, 15) is 4.79 Å². The van der Waals surface area contributed by atoms with Crippen LogP contribution in [0.1, 0.15) is 5.76 Å². The average Bonchev–Trinajstić information content (AvgIpc) is 3.27. The van der Waals surface area contributed by atoms with E-state index in [0.29, 0.717) is 41.7 Å². The van der Waals surface area contributed by atoms with Gasteiger partial charge in [-0.3, -0.25) is 4.79 Å². The summed E-state index contributed by atoms with van der Waals surface area (Å²) >= 11 is 20.7. The van der Waals surface area contributed by atoms with Crippen LogP contribution < -0.4 is 5.32 Å². The van der Waals surface area contributed by atoms with E-state index in [0.717, 1.165) is 4.90 Å². The molecule has 0 atom stereocenters. The highest BCUT2D eigenvalue weighted by Crippen LogP contribution is 2.35. The zero-order chi connectivity index (χ0) is 20.4. The summed E-state index contributed by atoms with van der Waals surface area (Å²) in [5.74, 6) is 0.316. The first-order chi connectivity index (χ1) is 14.0. The molecule has 9 heteroatoms. The van der Waals surface area contributed by atoms with Crippen molar-refractivity contribution in [3.8, 4) is 0 Å². The molecular weight excluding hydrogens is 471 g/mol. The molecule has 0 unspecified atom stereocenters. The lowest BCUT2D eigenvalue weighted by atomic mass is 10.3. The molecule has 3 aromatic rings. The molecule has 0 spiro atoms. The third-order valence-electron chi connectivity index (χ3n) is 3.71. The van der Waals surface area contributed by atoms with Gasteiger partial charge < -0.3 is 9.73 Å². The average molecular weight is 482 g/mol. The maximum atomic E-state index is 12.3. The number of hydrogen-bond donors (Lipinski definition) is 1. The van der Waals surface area contributed by atoms with E-state index in [1.54, 1.807) is 24.3 Å². The molecular formula is C20H11Cl3N2O2S2. The lowest BCUT2D eigenvalue weighted by Gasteiger charge is -2.00. The van der Waals surface area contributed by atoms with Gasteiger partial charge in [-0.25, -0.2) is 4.99 Å². The van der Waals surface area contributed by atoms with Crippen LogP contribution in [0, 0.1) is 0 Å². The van der Waals surface area contributed by atoms with Crippen molar-refractivity contribution in [3.63, 3.8) is 0 Å². The highest BCUT2D eigenvalue weighted by atomic mass is 35.5. The fourth-order valence-electron chi connectivity index (χ4n) is 2.38. The number of halogens is 3. The van der Waals surface area contributed by atoms with Gasteiger partial charge >= 0.3 is 0 Å². The first-order valence-corrected chi connectivity index (χ1v) is 11.0. The summed E-state index contributed by atoms with van der Waals surface area (Å²) in [6.07, 6.45) is 1.67. The second-order valence-electron chi connectivity index (χ2n) is 5.77. The Bertz CT molecular complexity index is 1140. The first-order valence-electron chi connectivity index (χ1n) is 8.25. The molecule has 0 bridgehead atoms. The van der Waals surface area contributed by atoms with Gasteiger partial charge in [-0.1, -0.05) is 52.6 Å². The number of nitrogens with zero attached hydrogens (tertiary/aromatic N) is 1. The summed E-state index contributed by atoms with van der Waals surface area (Å²) in [5, 5.41) is 5.27. The van der Waals surface area contributed by atoms with E-state index in [1.165, 1.54) is 23.5 Å². The predicted octanol–water partition coefficient (Wildman–Crippen LogP) is 7.28. The number of benzene rings is 2. The fraction of sp³-hybridized carbons (Fsp3) is 0. The van der Waals surface area contributed by atoms with Crippen LogP contribution in [0.5, 0.6) is 0 Å². The van der Waals surface area contributed by atoms with E-state index in [4.69, 9.17) is 39.2 Å². The number of nitrogens with one attached hydrogen (secondary N) is 1. The highest BCUT2D eigenvalue weighted by molar-refractivity contribution is 8.18. The van der Waals surface area contributed by atoms with Crippen molar-refractivity contribution < 1.29 is 9.21 Å². The van der Waals surface area contributed by atoms with Crippen LogP contribution in [0.3, 0.4) is 0 Å². The minimum Gasteiger partial charge on any atom is -0.450 e. The van der Waals surface area contributed by atoms with E-state index in [1.807, 2.05) is 36.4 Å². The molecule has 1 aromatic heterocycles. The van der Waals surface area contributed by atoms with Crippen molar-refractivity contribution in [2.45, 2.75) is 9.99 Å². The molecule has 1 N–H and O–H groups in total. The fourth-order valence-corrected chi connectivity index (χ4v) is 4.44. The molecule has 1 aliphatic heterocycles. The van der Waals surface area contributed by atoms with Gasteiger partial charge in [0.15, 0.2) is 10.3 Å². The monoisotopic (exact) mass is 480 g/mol. The summed E-state index contributed by atoms with van der Waals surface area (Å²) in [5.41, 5.74) is 0.489. The zero-order valence-corrected chi connectivity index (χ0v) is 18.4. The van der Waals surface area contributed by atoms with Crippen LogP contribution >= 0.6 is 58.3 Å². The Morgan fingerprint density at radius 1 is 1.03 bits per heavy atom. The third-order valence-corrected chi connectivity index (χ3v) is 6.61. The van der Waals surface area contributed by atoms with Crippen LogP contribution in [-0.4, -0.2) is 11.1 Å². The summed E-state index contributed by atoms with van der Waals surface area (Å²) < 4.78 is 5.80. The number of amidine groups is 1. The van der Waals surface area contributed by atoms with Gasteiger partial charge in [-0.2, -0.15) is 0 Å². The summed E-state index contributed by atoms with van der Waals surface area (Å²) in [7, 11) is 0. The number of furan rings is 1. The number of carbonyl (C=O) groups is 1. The molecule has 2 aromatic carbocycles. The van der Waals surface area contributed by atoms with Crippen molar-refractivity contribution in [2.75, 3.05) is 0 Å². The van der Waals surface area contributed by atoms with Gasteiger partial charge in [0.1, 0.15) is 5.76 Å². The van der Waals surface area contributed by atoms with Crippen molar-refractivity contribution in [2.24, 2.45) is 4.99 Å². The topological polar surface area (TPSA) is 54.6 Å². The van der Waals surface area contributed by atoms with Crippen molar-refractivity contribution >= 4 is 81.2 Å². The van der Waals surface area contributed by atoms with Gasteiger partial charge in [-0.15, -0.1) is 0 Å². The molecule has 0 aliphatic carbocycles. The van der Waals surface area contributed by atoms with Crippen LogP contribution in [0.15, 0.2) is 78.9 Å². The van der Waals surface area contributed by atoms with Crippen LogP contribution in [-0.2, 0) is 4.79 Å². The Hall–Kier alpha value is -1.83. The molecule has 0 radical (unpaired) electrons. The third kappa shape index (κ3) is 5.02. The zero-order valence-electron chi connectivity index (χ0n) is 14.5. The molecule has 4 rings (SSSR count). The largest absolute Gasteiger partial charge is 0.450 e. The molecule has 2 heterocycles. The maximum absolute atomic E-state index is 12.3. The smallest absolute Gasteiger partial charge is 0.264 e. The minimum atomic E-state index is -0.254. The van der Waals surface area contributed by atoms with Gasteiger partial charge in [-0.05, 0) is 60.3 Å². The number of rotatable bonds is 4. The lowest BCUT2D eigenvalue weighted by Crippen LogP contribution is -2.19. The number of aliphatic imine (C=N–C) groups is 1. The number of thioether (sulfide) groups is 1. The lowest BCUT2D eigenvalue weighted by molar-refractivity contribution is -0.115. The Morgan fingerprint density at radius 3 is 2.62 bits per heavy atom. The van der Waals surface area contributed by atoms with Crippen molar-refractivity contribution in [1.29, 1.82) is 0 Å². The summed E-state index contributed by atoms with van der Waals surface area (Å²) in [6.45, 7) is 0. The second-order valence-corrected chi connectivity index (χ2v) is 9.10. The Balaban J connectivity index is 1.49. The highest BCUT2D eigenvalue weighted by Gasteiger charge is 2.24. The van der Waals surface area contributed by atoms with Gasteiger partial charge in [0, 0.05) is 16.0 Å². The molecule has 1 saturated heterocycles. The van der Waals surface area contributed by atoms with Crippen LogP contribution in [0.2, 0.25) is 15.1 Å². The number of amides is 1. The van der Waals surface area contributed by atoms with E-state index >= 15 is 0 Å². The number of hydrogen-bond acceptors (Lipinski definition) is 5. The standard InChI is InChI=1S/C20H11Cl3N2O2S2/c21-11-4-7-13(8-5-11)28-17-9-6-12(27-17)10-16-19(26)25-20(29-16)24-15-3-1-2-14(22)18(15)23/h1-10H,(H,24,25,26)/b16-10+. The molecule has 4 nitrogen and oxygen atoms in total. The van der Waals surface area contributed by atoms with Crippen molar-refractivity contribution in [1.82, 2.24) is 5.32 Å². The molecule has 0 saturated carbocycles. The molecule has 1 aliphatic rings. The van der Waals surface area contributed by atoms with Gasteiger partial charge in [0.25, 0.3) is 5.91 Å². The quantitative estimate of drug-likeness (QED) is 0.398. The van der Waals surface area contributed by atoms with Crippen LogP contribution in [0.4, 0.5) is 5.69 Å². The van der Waals surface area contributed by atoms with E-state index < -0.39 is 0 Å². The maximum Gasteiger partial charge on any atom is 0.264 e.